The van der Waals surface area contributed by atoms with E-state index in [1.165, 1.54) is 6.07 Å². The van der Waals surface area contributed by atoms with Crippen molar-refractivity contribution < 1.29 is 23.5 Å². The molecular formula is C13H12F2N2O3. The van der Waals surface area contributed by atoms with Crippen LogP contribution < -0.4 is 5.73 Å². The molecule has 0 bridgehead atoms. The number of rotatable bonds is 5. The highest BCUT2D eigenvalue weighted by atomic mass is 19.2. The average molecular weight is 282 g/mol. The fourth-order valence-electron chi connectivity index (χ4n) is 1.44. The zero-order valence-electron chi connectivity index (χ0n) is 10.3. The van der Waals surface area contributed by atoms with Gasteiger partial charge in [0.2, 0.25) is 0 Å². The number of nitrogens with zero attached hydrogens (tertiary/aromatic N) is 1. The Labute approximate surface area is 113 Å². The molecule has 0 fully saturated rings. The van der Waals surface area contributed by atoms with E-state index >= 15 is 0 Å². The maximum atomic E-state index is 13.1. The number of carbonyl (C=O) groups is 2. The maximum absolute atomic E-state index is 13.1. The molecule has 1 rings (SSSR count). The Hall–Kier alpha value is -2.70. The van der Waals surface area contributed by atoms with Crippen molar-refractivity contribution in [3.05, 3.63) is 59.9 Å². The molecule has 1 aromatic rings. The van der Waals surface area contributed by atoms with Gasteiger partial charge in [0, 0.05) is 12.4 Å². The van der Waals surface area contributed by atoms with Gasteiger partial charge in [-0.2, -0.15) is 0 Å². The number of hydrogen-bond donors (Lipinski definition) is 2. The molecule has 1 amide bonds. The Kier molecular flexibility index (Phi) is 4.96. The monoisotopic (exact) mass is 282 g/mol. The molecule has 0 saturated heterocycles. The van der Waals surface area contributed by atoms with Crippen LogP contribution in [-0.2, 0) is 16.1 Å². The van der Waals surface area contributed by atoms with Gasteiger partial charge in [0.15, 0.2) is 11.6 Å². The predicted octanol–water partition coefficient (Wildman–Crippen LogP) is 1.36. The van der Waals surface area contributed by atoms with Crippen molar-refractivity contribution in [3.8, 4) is 0 Å². The van der Waals surface area contributed by atoms with E-state index in [0.717, 1.165) is 23.2 Å². The second kappa shape index (κ2) is 6.46. The summed E-state index contributed by atoms with van der Waals surface area (Å²) in [5, 5.41) is 8.79. The summed E-state index contributed by atoms with van der Waals surface area (Å²) in [6, 6.07) is 3.09. The summed E-state index contributed by atoms with van der Waals surface area (Å²) < 4.78 is 25.8. The Morgan fingerprint density at radius 2 is 2.00 bits per heavy atom. The van der Waals surface area contributed by atoms with Gasteiger partial charge in [0.05, 0.1) is 6.54 Å². The highest BCUT2D eigenvalue weighted by Gasteiger charge is 2.22. The lowest BCUT2D eigenvalue weighted by molar-refractivity contribution is -0.136. The minimum absolute atomic E-state index is 0.163. The summed E-state index contributed by atoms with van der Waals surface area (Å²) in [7, 11) is 0. The van der Waals surface area contributed by atoms with E-state index in [1.54, 1.807) is 0 Å². The Balaban J connectivity index is 2.97. The fraction of sp³-hybridized carbons (Fsp3) is 0.0769. The van der Waals surface area contributed by atoms with Crippen molar-refractivity contribution in [2.24, 2.45) is 5.73 Å². The van der Waals surface area contributed by atoms with Crippen molar-refractivity contribution in [1.82, 2.24) is 4.90 Å². The standard InChI is InChI=1S/C13H12F2N2O3/c1-2-17(12(18)9(6-16)13(19)20)7-8-3-4-10(14)11(15)5-8/h2-6H,1,7,16H2,(H,19,20)/b9-6+. The third-order valence-corrected chi connectivity index (χ3v) is 2.45. The number of nitrogens with two attached hydrogens (primary N) is 1. The maximum Gasteiger partial charge on any atom is 0.342 e. The van der Waals surface area contributed by atoms with E-state index in [9.17, 15) is 18.4 Å². The molecule has 0 atom stereocenters. The van der Waals surface area contributed by atoms with E-state index in [4.69, 9.17) is 10.8 Å². The summed E-state index contributed by atoms with van der Waals surface area (Å²) in [5.74, 6) is -4.47. The molecule has 0 aliphatic rings. The number of carboxylic acids is 1. The van der Waals surface area contributed by atoms with Gasteiger partial charge in [0.1, 0.15) is 5.57 Å². The molecule has 0 radical (unpaired) electrons. The predicted molar refractivity (Wildman–Crippen MR) is 67.0 cm³/mol. The molecular weight excluding hydrogens is 270 g/mol. The van der Waals surface area contributed by atoms with Crippen molar-refractivity contribution >= 4 is 11.9 Å². The lowest BCUT2D eigenvalue weighted by Crippen LogP contribution is -2.30. The van der Waals surface area contributed by atoms with Gasteiger partial charge in [0.25, 0.3) is 5.91 Å². The summed E-state index contributed by atoms with van der Waals surface area (Å²) in [4.78, 5) is 23.6. The Morgan fingerprint density at radius 1 is 1.35 bits per heavy atom. The second-order valence-electron chi connectivity index (χ2n) is 3.75. The molecule has 0 saturated carbocycles. The van der Waals surface area contributed by atoms with Gasteiger partial charge in [-0.3, -0.25) is 4.79 Å². The summed E-state index contributed by atoms with van der Waals surface area (Å²) in [6.07, 6.45) is 1.74. The van der Waals surface area contributed by atoms with Crippen molar-refractivity contribution in [2.45, 2.75) is 6.54 Å². The molecule has 0 unspecified atom stereocenters. The number of carbonyl (C=O) groups excluding carboxylic acids is 1. The molecule has 1 aromatic carbocycles. The first kappa shape index (κ1) is 15.4. The molecule has 7 heteroatoms. The van der Waals surface area contributed by atoms with Crippen LogP contribution in [0.1, 0.15) is 5.56 Å². The van der Waals surface area contributed by atoms with Gasteiger partial charge in [-0.15, -0.1) is 0 Å². The van der Waals surface area contributed by atoms with Crippen molar-refractivity contribution in [2.75, 3.05) is 0 Å². The first-order valence-corrected chi connectivity index (χ1v) is 5.43. The highest BCUT2D eigenvalue weighted by Crippen LogP contribution is 2.13. The molecule has 3 N–H and O–H groups in total. The minimum atomic E-state index is -1.49. The number of aliphatic carboxylic acids is 1. The lowest BCUT2D eigenvalue weighted by Gasteiger charge is -2.18. The minimum Gasteiger partial charge on any atom is -0.477 e. The largest absolute Gasteiger partial charge is 0.477 e. The fourth-order valence-corrected chi connectivity index (χ4v) is 1.44. The molecule has 0 heterocycles. The number of amides is 1. The van der Waals surface area contributed by atoms with Crippen LogP contribution in [0, 0.1) is 11.6 Å². The van der Waals surface area contributed by atoms with Crippen molar-refractivity contribution in [3.63, 3.8) is 0 Å². The van der Waals surface area contributed by atoms with Crippen LogP contribution in [0.5, 0.6) is 0 Å². The van der Waals surface area contributed by atoms with E-state index in [-0.39, 0.29) is 12.1 Å². The van der Waals surface area contributed by atoms with Crippen LogP contribution >= 0.6 is 0 Å². The summed E-state index contributed by atoms with van der Waals surface area (Å²) in [5.41, 5.74) is 4.70. The Morgan fingerprint density at radius 3 is 2.45 bits per heavy atom. The zero-order chi connectivity index (χ0) is 15.3. The number of halogens is 2. The van der Waals surface area contributed by atoms with Crippen LogP contribution in [-0.4, -0.2) is 21.9 Å². The quantitative estimate of drug-likeness (QED) is 0.485. The van der Waals surface area contributed by atoms with Crippen LogP contribution in [0.15, 0.2) is 42.8 Å². The zero-order valence-corrected chi connectivity index (χ0v) is 10.3. The van der Waals surface area contributed by atoms with Gasteiger partial charge >= 0.3 is 5.97 Å². The summed E-state index contributed by atoms with van der Waals surface area (Å²) >= 11 is 0. The van der Waals surface area contributed by atoms with Gasteiger partial charge in [-0.05, 0) is 17.7 Å². The van der Waals surface area contributed by atoms with Crippen LogP contribution in [0.2, 0.25) is 0 Å². The van der Waals surface area contributed by atoms with E-state index in [0.29, 0.717) is 6.20 Å². The van der Waals surface area contributed by atoms with Gasteiger partial charge < -0.3 is 15.7 Å². The van der Waals surface area contributed by atoms with Crippen molar-refractivity contribution in [1.29, 1.82) is 0 Å². The first-order valence-electron chi connectivity index (χ1n) is 5.43. The Bertz CT molecular complexity index is 585. The van der Waals surface area contributed by atoms with Crippen LogP contribution in [0.4, 0.5) is 8.78 Å². The van der Waals surface area contributed by atoms with E-state index < -0.39 is 29.1 Å². The second-order valence-corrected chi connectivity index (χ2v) is 3.75. The van der Waals surface area contributed by atoms with Crippen LogP contribution in [0.3, 0.4) is 0 Å². The van der Waals surface area contributed by atoms with E-state index in [2.05, 4.69) is 6.58 Å². The summed E-state index contributed by atoms with van der Waals surface area (Å²) in [6.45, 7) is 3.21. The van der Waals surface area contributed by atoms with Gasteiger partial charge in [-0.1, -0.05) is 12.6 Å². The number of benzene rings is 1. The number of carboxylic acid groups (broad SMARTS) is 1. The SMILES string of the molecule is C=CN(Cc1ccc(F)c(F)c1)C(=O)/C(=C\N)C(=O)O. The number of hydrogen-bond acceptors (Lipinski definition) is 3. The molecule has 0 aliphatic carbocycles. The molecule has 0 spiro atoms. The topological polar surface area (TPSA) is 83.6 Å². The van der Waals surface area contributed by atoms with E-state index in [1.807, 2.05) is 0 Å². The lowest BCUT2D eigenvalue weighted by atomic mass is 10.2. The first-order chi connectivity index (χ1) is 9.40. The molecule has 106 valence electrons. The van der Waals surface area contributed by atoms with Gasteiger partial charge in [-0.25, -0.2) is 13.6 Å². The molecule has 20 heavy (non-hydrogen) atoms. The average Bonchev–Trinajstić information content (AvgIpc) is 2.40. The normalized spacial score (nSPS) is 11.0. The third kappa shape index (κ3) is 3.41. The molecule has 0 aliphatic heterocycles. The molecule has 0 aromatic heterocycles. The third-order valence-electron chi connectivity index (χ3n) is 2.45. The van der Waals surface area contributed by atoms with Crippen LogP contribution in [0.25, 0.3) is 0 Å². The smallest absolute Gasteiger partial charge is 0.342 e. The molecule has 5 nitrogen and oxygen atoms in total. The highest BCUT2D eigenvalue weighted by molar-refractivity contribution is 6.15.